The van der Waals surface area contributed by atoms with Crippen LogP contribution in [-0.2, 0) is 0 Å². The van der Waals surface area contributed by atoms with Gasteiger partial charge in [0.25, 0.3) is 5.91 Å². The van der Waals surface area contributed by atoms with Crippen molar-refractivity contribution in [2.45, 2.75) is 13.3 Å². The van der Waals surface area contributed by atoms with E-state index in [1.165, 1.54) is 11.3 Å². The Morgan fingerprint density at radius 3 is 2.78 bits per heavy atom. The van der Waals surface area contributed by atoms with Crippen LogP contribution in [0.15, 0.2) is 47.8 Å². The van der Waals surface area contributed by atoms with Crippen molar-refractivity contribution in [2.75, 3.05) is 19.7 Å². The summed E-state index contributed by atoms with van der Waals surface area (Å²) in [5, 5.41) is 11.1. The number of carbonyl (C=O) groups excluding carboxylic acids is 1. The van der Waals surface area contributed by atoms with Crippen LogP contribution in [0.4, 0.5) is 0 Å². The zero-order valence-electron chi connectivity index (χ0n) is 15.0. The molecule has 0 aliphatic carbocycles. The highest BCUT2D eigenvalue weighted by Crippen LogP contribution is 2.21. The van der Waals surface area contributed by atoms with Gasteiger partial charge in [0.2, 0.25) is 5.88 Å². The van der Waals surface area contributed by atoms with Crippen molar-refractivity contribution in [1.82, 2.24) is 20.1 Å². The highest BCUT2D eigenvalue weighted by Gasteiger charge is 2.28. The summed E-state index contributed by atoms with van der Waals surface area (Å²) in [5.41, 5.74) is 2.39. The van der Waals surface area contributed by atoms with E-state index in [-0.39, 0.29) is 5.91 Å². The van der Waals surface area contributed by atoms with Crippen molar-refractivity contribution in [3.63, 3.8) is 0 Å². The zero-order chi connectivity index (χ0) is 18.6. The van der Waals surface area contributed by atoms with Crippen LogP contribution < -0.4 is 4.74 Å². The first-order chi connectivity index (χ1) is 13.2. The molecule has 3 heterocycles. The second-order valence-electron chi connectivity index (χ2n) is 6.59. The lowest BCUT2D eigenvalue weighted by atomic mass is 10.1. The first-order valence-electron chi connectivity index (χ1n) is 8.92. The van der Waals surface area contributed by atoms with E-state index in [2.05, 4.69) is 15.2 Å². The molecule has 7 heteroatoms. The molecule has 1 amide bonds. The van der Waals surface area contributed by atoms with Gasteiger partial charge in [0.05, 0.1) is 17.3 Å². The number of benzene rings is 1. The summed E-state index contributed by atoms with van der Waals surface area (Å²) >= 11 is 1.50. The number of thiazole rings is 1. The average molecular weight is 380 g/mol. The SMILES string of the molecule is Cc1nc(C(=O)N2CCC(COc3ccc(-c4ccccc4)nn3)C2)cs1. The van der Waals surface area contributed by atoms with Crippen LogP contribution in [0.5, 0.6) is 5.88 Å². The van der Waals surface area contributed by atoms with E-state index in [1.807, 2.05) is 59.7 Å². The standard InChI is InChI=1S/C20H20N4O2S/c1-14-21-18(13-27-14)20(25)24-10-9-15(11-24)12-26-19-8-7-17(22-23-19)16-5-3-2-4-6-16/h2-8,13,15H,9-12H2,1H3. The van der Waals surface area contributed by atoms with Crippen LogP contribution in [0, 0.1) is 12.8 Å². The maximum absolute atomic E-state index is 12.5. The van der Waals surface area contributed by atoms with Gasteiger partial charge in [-0.15, -0.1) is 21.5 Å². The Morgan fingerprint density at radius 2 is 2.07 bits per heavy atom. The van der Waals surface area contributed by atoms with E-state index in [9.17, 15) is 4.79 Å². The van der Waals surface area contributed by atoms with Crippen LogP contribution >= 0.6 is 11.3 Å². The number of aryl methyl sites for hydroxylation is 1. The van der Waals surface area contributed by atoms with E-state index in [0.717, 1.165) is 29.2 Å². The minimum Gasteiger partial charge on any atom is -0.476 e. The Balaban J connectivity index is 1.30. The van der Waals surface area contributed by atoms with Gasteiger partial charge in [-0.2, -0.15) is 0 Å². The molecule has 1 unspecified atom stereocenters. The number of amides is 1. The molecule has 1 saturated heterocycles. The lowest BCUT2D eigenvalue weighted by Gasteiger charge is -2.15. The molecule has 27 heavy (non-hydrogen) atoms. The molecule has 138 valence electrons. The molecule has 1 aliphatic heterocycles. The summed E-state index contributed by atoms with van der Waals surface area (Å²) in [5.74, 6) is 0.813. The van der Waals surface area contributed by atoms with Crippen LogP contribution in [0.2, 0.25) is 0 Å². The summed E-state index contributed by atoms with van der Waals surface area (Å²) in [4.78, 5) is 18.6. The fraction of sp³-hybridized carbons (Fsp3) is 0.300. The summed E-state index contributed by atoms with van der Waals surface area (Å²) in [7, 11) is 0. The van der Waals surface area contributed by atoms with E-state index in [0.29, 0.717) is 30.6 Å². The van der Waals surface area contributed by atoms with Gasteiger partial charge in [-0.1, -0.05) is 30.3 Å². The summed E-state index contributed by atoms with van der Waals surface area (Å²) in [6.45, 7) is 3.86. The topological polar surface area (TPSA) is 68.2 Å². The predicted molar refractivity (Wildman–Crippen MR) is 104 cm³/mol. The Hall–Kier alpha value is -2.80. The van der Waals surface area contributed by atoms with Gasteiger partial charge in [-0.3, -0.25) is 4.79 Å². The van der Waals surface area contributed by atoms with Crippen LogP contribution in [0.3, 0.4) is 0 Å². The van der Waals surface area contributed by atoms with Crippen LogP contribution in [-0.4, -0.2) is 45.7 Å². The van der Waals surface area contributed by atoms with Crippen molar-refractivity contribution in [1.29, 1.82) is 0 Å². The fourth-order valence-electron chi connectivity index (χ4n) is 3.14. The molecule has 4 rings (SSSR count). The van der Waals surface area contributed by atoms with E-state index < -0.39 is 0 Å². The third kappa shape index (κ3) is 4.14. The van der Waals surface area contributed by atoms with Gasteiger partial charge >= 0.3 is 0 Å². The minimum absolute atomic E-state index is 0.00820. The molecule has 1 atom stereocenters. The Labute approximate surface area is 161 Å². The number of hydrogen-bond donors (Lipinski definition) is 0. The molecule has 0 saturated carbocycles. The number of nitrogens with zero attached hydrogens (tertiary/aromatic N) is 4. The normalized spacial score (nSPS) is 16.5. The molecule has 0 bridgehead atoms. The molecule has 1 aliphatic rings. The van der Waals surface area contributed by atoms with Crippen molar-refractivity contribution >= 4 is 17.2 Å². The molecular formula is C20H20N4O2S. The highest BCUT2D eigenvalue weighted by atomic mass is 32.1. The van der Waals surface area contributed by atoms with Gasteiger partial charge in [-0.05, 0) is 19.4 Å². The van der Waals surface area contributed by atoms with Gasteiger partial charge in [0.1, 0.15) is 5.69 Å². The Bertz CT molecular complexity index is 911. The second kappa shape index (κ2) is 7.84. The third-order valence-corrected chi connectivity index (χ3v) is 5.36. The lowest BCUT2D eigenvalue weighted by molar-refractivity contribution is 0.0777. The lowest BCUT2D eigenvalue weighted by Crippen LogP contribution is -2.29. The van der Waals surface area contributed by atoms with Crippen molar-refractivity contribution in [2.24, 2.45) is 5.92 Å². The maximum Gasteiger partial charge on any atom is 0.273 e. The third-order valence-electron chi connectivity index (χ3n) is 4.59. The van der Waals surface area contributed by atoms with Crippen LogP contribution in [0.25, 0.3) is 11.3 Å². The Morgan fingerprint density at radius 1 is 1.22 bits per heavy atom. The first-order valence-corrected chi connectivity index (χ1v) is 9.80. The van der Waals surface area contributed by atoms with Gasteiger partial charge < -0.3 is 9.64 Å². The smallest absolute Gasteiger partial charge is 0.273 e. The summed E-state index contributed by atoms with van der Waals surface area (Å²) in [6.07, 6.45) is 0.921. The number of carbonyl (C=O) groups is 1. The molecule has 0 radical (unpaired) electrons. The Kier molecular flexibility index (Phi) is 5.11. The number of likely N-dealkylation sites (tertiary alicyclic amines) is 1. The van der Waals surface area contributed by atoms with Crippen molar-refractivity contribution in [3.05, 3.63) is 58.5 Å². The molecule has 6 nitrogen and oxygen atoms in total. The summed E-state index contributed by atoms with van der Waals surface area (Å²) < 4.78 is 5.79. The number of hydrogen-bond acceptors (Lipinski definition) is 6. The van der Waals surface area contributed by atoms with E-state index in [1.54, 1.807) is 0 Å². The molecule has 1 fully saturated rings. The molecule has 2 aromatic heterocycles. The molecule has 1 aromatic carbocycles. The van der Waals surface area contributed by atoms with Gasteiger partial charge in [0, 0.05) is 36.0 Å². The van der Waals surface area contributed by atoms with Gasteiger partial charge in [0.15, 0.2) is 0 Å². The molecule has 3 aromatic rings. The van der Waals surface area contributed by atoms with E-state index >= 15 is 0 Å². The average Bonchev–Trinajstić information content (AvgIpc) is 3.36. The minimum atomic E-state index is 0.00820. The summed E-state index contributed by atoms with van der Waals surface area (Å²) in [6, 6.07) is 13.7. The first kappa shape index (κ1) is 17.6. The van der Waals surface area contributed by atoms with Crippen molar-refractivity contribution < 1.29 is 9.53 Å². The van der Waals surface area contributed by atoms with Gasteiger partial charge in [-0.25, -0.2) is 4.98 Å². The molecule has 0 spiro atoms. The second-order valence-corrected chi connectivity index (χ2v) is 7.65. The number of aromatic nitrogens is 3. The quantitative estimate of drug-likeness (QED) is 0.678. The molecular weight excluding hydrogens is 360 g/mol. The highest BCUT2D eigenvalue weighted by molar-refractivity contribution is 7.09. The zero-order valence-corrected chi connectivity index (χ0v) is 15.9. The predicted octanol–water partition coefficient (Wildman–Crippen LogP) is 3.45. The van der Waals surface area contributed by atoms with Crippen molar-refractivity contribution in [3.8, 4) is 17.1 Å². The monoisotopic (exact) mass is 380 g/mol. The fourth-order valence-corrected chi connectivity index (χ4v) is 3.73. The molecule has 0 N–H and O–H groups in total. The number of ether oxygens (including phenoxy) is 1. The van der Waals surface area contributed by atoms with E-state index in [4.69, 9.17) is 4.74 Å². The van der Waals surface area contributed by atoms with Crippen LogP contribution in [0.1, 0.15) is 21.9 Å². The largest absolute Gasteiger partial charge is 0.476 e. The maximum atomic E-state index is 12.5. The number of rotatable bonds is 5.